The number of anilines is 1. The molecule has 5 heteroatoms. The first-order chi connectivity index (χ1) is 18.1. The molecule has 0 amide bonds. The van der Waals surface area contributed by atoms with Crippen LogP contribution in [0.25, 0.3) is 11.3 Å². The van der Waals surface area contributed by atoms with E-state index in [9.17, 15) is 4.39 Å². The zero-order valence-corrected chi connectivity index (χ0v) is 21.7. The molecule has 4 nitrogen and oxygen atoms in total. The van der Waals surface area contributed by atoms with E-state index in [0.717, 1.165) is 41.2 Å². The summed E-state index contributed by atoms with van der Waals surface area (Å²) in [5, 5.41) is 3.38. The van der Waals surface area contributed by atoms with Gasteiger partial charge in [-0.15, -0.1) is 0 Å². The van der Waals surface area contributed by atoms with Crippen molar-refractivity contribution in [3.63, 3.8) is 0 Å². The van der Waals surface area contributed by atoms with Gasteiger partial charge in [0, 0.05) is 30.0 Å². The van der Waals surface area contributed by atoms with Crippen LogP contribution in [-0.4, -0.2) is 16.0 Å². The van der Waals surface area contributed by atoms with Crippen molar-refractivity contribution >= 4 is 5.82 Å². The van der Waals surface area contributed by atoms with Crippen molar-refractivity contribution in [1.29, 1.82) is 0 Å². The largest absolute Gasteiger partial charge is 0.366 e. The van der Waals surface area contributed by atoms with Gasteiger partial charge in [-0.1, -0.05) is 24.6 Å². The van der Waals surface area contributed by atoms with E-state index in [2.05, 4.69) is 29.7 Å². The van der Waals surface area contributed by atoms with Gasteiger partial charge < -0.3 is 11.1 Å². The summed E-state index contributed by atoms with van der Waals surface area (Å²) in [5.74, 6) is 3.64. The SMILES string of the molecule is NC1CCC(C2CCC2Cc2cc(-c3cccc(NCc4cccc(F)c4)n3)c(C3CCC3)cn2)CC1. The Labute approximate surface area is 220 Å². The highest BCUT2D eigenvalue weighted by Crippen LogP contribution is 2.47. The molecule has 0 bridgehead atoms. The van der Waals surface area contributed by atoms with Crippen molar-refractivity contribution in [3.05, 3.63) is 77.4 Å². The molecule has 0 saturated heterocycles. The third-order valence-corrected chi connectivity index (χ3v) is 9.29. The fourth-order valence-electron chi connectivity index (χ4n) is 6.72. The summed E-state index contributed by atoms with van der Waals surface area (Å²) in [6.07, 6.45) is 14.7. The summed E-state index contributed by atoms with van der Waals surface area (Å²) in [6.45, 7) is 0.542. The number of nitrogens with zero attached hydrogens (tertiary/aromatic N) is 2. The minimum Gasteiger partial charge on any atom is -0.366 e. The minimum absolute atomic E-state index is 0.212. The van der Waals surface area contributed by atoms with Crippen LogP contribution in [0, 0.1) is 23.6 Å². The molecule has 3 aliphatic carbocycles. The van der Waals surface area contributed by atoms with Crippen molar-refractivity contribution in [2.75, 3.05) is 5.32 Å². The molecule has 2 aromatic heterocycles. The van der Waals surface area contributed by atoms with Gasteiger partial charge in [0.1, 0.15) is 11.6 Å². The molecule has 3 N–H and O–H groups in total. The van der Waals surface area contributed by atoms with Gasteiger partial charge in [0.25, 0.3) is 0 Å². The van der Waals surface area contributed by atoms with Crippen molar-refractivity contribution in [2.24, 2.45) is 23.5 Å². The number of hydrogen-bond acceptors (Lipinski definition) is 4. The third kappa shape index (κ3) is 5.57. The first kappa shape index (κ1) is 24.5. The third-order valence-electron chi connectivity index (χ3n) is 9.29. The molecule has 0 spiro atoms. The maximum absolute atomic E-state index is 13.6. The molecule has 2 atom stereocenters. The Morgan fingerprint density at radius 1 is 0.919 bits per heavy atom. The Balaban J connectivity index is 1.20. The molecule has 0 radical (unpaired) electrons. The van der Waals surface area contributed by atoms with Crippen molar-refractivity contribution in [3.8, 4) is 11.3 Å². The van der Waals surface area contributed by atoms with Gasteiger partial charge in [-0.25, -0.2) is 9.37 Å². The van der Waals surface area contributed by atoms with Crippen molar-refractivity contribution in [1.82, 2.24) is 9.97 Å². The maximum atomic E-state index is 13.6. The summed E-state index contributed by atoms with van der Waals surface area (Å²) in [6, 6.07) is 15.6. The van der Waals surface area contributed by atoms with Crippen LogP contribution >= 0.6 is 0 Å². The number of benzene rings is 1. The van der Waals surface area contributed by atoms with Crippen LogP contribution < -0.4 is 11.1 Å². The van der Waals surface area contributed by atoms with E-state index in [1.54, 1.807) is 12.1 Å². The first-order valence-corrected chi connectivity index (χ1v) is 14.3. The van der Waals surface area contributed by atoms with E-state index >= 15 is 0 Å². The van der Waals surface area contributed by atoms with Crippen LogP contribution in [0.3, 0.4) is 0 Å². The minimum atomic E-state index is -0.212. The zero-order chi connectivity index (χ0) is 25.2. The molecular weight excluding hydrogens is 459 g/mol. The predicted octanol–water partition coefficient (Wildman–Crippen LogP) is 7.25. The Kier molecular flexibility index (Phi) is 7.23. The molecule has 3 fully saturated rings. The molecule has 1 aromatic carbocycles. The second-order valence-electron chi connectivity index (χ2n) is 11.7. The highest BCUT2D eigenvalue weighted by Gasteiger charge is 2.38. The first-order valence-electron chi connectivity index (χ1n) is 14.3. The lowest BCUT2D eigenvalue weighted by Gasteiger charge is -2.44. The highest BCUT2D eigenvalue weighted by molar-refractivity contribution is 5.66. The Bertz CT molecular complexity index is 1210. The van der Waals surface area contributed by atoms with Crippen molar-refractivity contribution in [2.45, 2.75) is 82.7 Å². The summed E-state index contributed by atoms with van der Waals surface area (Å²) in [5.41, 5.74) is 11.9. The number of halogens is 1. The summed E-state index contributed by atoms with van der Waals surface area (Å²) >= 11 is 0. The van der Waals surface area contributed by atoms with Crippen LogP contribution in [-0.2, 0) is 13.0 Å². The van der Waals surface area contributed by atoms with Gasteiger partial charge in [-0.05, 0) is 123 Å². The molecule has 3 saturated carbocycles. The molecule has 0 aliphatic heterocycles. The molecule has 2 heterocycles. The van der Waals surface area contributed by atoms with Crippen molar-refractivity contribution < 1.29 is 4.39 Å². The van der Waals surface area contributed by atoms with Crippen LogP contribution in [0.4, 0.5) is 10.2 Å². The van der Waals surface area contributed by atoms with E-state index in [0.29, 0.717) is 18.5 Å². The molecule has 3 aromatic rings. The van der Waals surface area contributed by atoms with Gasteiger partial charge in [0.2, 0.25) is 0 Å². The molecule has 194 valence electrons. The lowest BCUT2D eigenvalue weighted by atomic mass is 9.62. The fourth-order valence-corrected chi connectivity index (χ4v) is 6.72. The maximum Gasteiger partial charge on any atom is 0.126 e. The Morgan fingerprint density at radius 2 is 1.76 bits per heavy atom. The fraction of sp³-hybridized carbons (Fsp3) is 0.500. The quantitative estimate of drug-likeness (QED) is 0.343. The average Bonchev–Trinajstić information content (AvgIpc) is 2.87. The van der Waals surface area contributed by atoms with E-state index in [4.69, 9.17) is 15.7 Å². The Morgan fingerprint density at radius 3 is 2.49 bits per heavy atom. The molecule has 3 aliphatic rings. The van der Waals surface area contributed by atoms with Gasteiger partial charge in [-0.3, -0.25) is 4.98 Å². The standard InChI is InChI=1S/C32H39FN4/c33-25-7-1-4-21(16-25)19-36-32-9-3-8-31(37-32)29-18-27(35-20-30(29)22-5-2-6-22)17-24-12-15-28(24)23-10-13-26(34)14-11-23/h1,3-4,7-9,16,18,20,22-24,26,28H,2,5-6,10-15,17,19,34H2,(H,36,37). The van der Waals surface area contributed by atoms with Gasteiger partial charge in [0.05, 0.1) is 5.69 Å². The van der Waals surface area contributed by atoms with Crippen LogP contribution in [0.2, 0.25) is 0 Å². The van der Waals surface area contributed by atoms with E-state index < -0.39 is 0 Å². The van der Waals surface area contributed by atoms with Crippen LogP contribution in [0.1, 0.15) is 80.5 Å². The van der Waals surface area contributed by atoms with Gasteiger partial charge in [-0.2, -0.15) is 0 Å². The summed E-state index contributed by atoms with van der Waals surface area (Å²) in [4.78, 5) is 9.98. The van der Waals surface area contributed by atoms with Gasteiger partial charge >= 0.3 is 0 Å². The summed E-state index contributed by atoms with van der Waals surface area (Å²) < 4.78 is 13.6. The smallest absolute Gasteiger partial charge is 0.126 e. The average molecular weight is 499 g/mol. The normalized spacial score (nSPS) is 25.8. The number of nitrogens with one attached hydrogen (secondary N) is 1. The van der Waals surface area contributed by atoms with Crippen LogP contribution in [0.5, 0.6) is 0 Å². The number of rotatable bonds is 8. The number of pyridine rings is 2. The lowest BCUT2D eigenvalue weighted by Crippen LogP contribution is -2.38. The van der Waals surface area contributed by atoms with E-state index in [1.165, 1.54) is 80.7 Å². The molecular formula is C32H39FN4. The lowest BCUT2D eigenvalue weighted by molar-refractivity contribution is 0.0751. The molecule has 37 heavy (non-hydrogen) atoms. The zero-order valence-electron chi connectivity index (χ0n) is 21.7. The number of nitrogens with two attached hydrogens (primary N) is 1. The van der Waals surface area contributed by atoms with Gasteiger partial charge in [0.15, 0.2) is 0 Å². The van der Waals surface area contributed by atoms with E-state index in [-0.39, 0.29) is 5.82 Å². The number of hydrogen-bond donors (Lipinski definition) is 2. The molecule has 6 rings (SSSR count). The second kappa shape index (κ2) is 10.9. The topological polar surface area (TPSA) is 63.8 Å². The van der Waals surface area contributed by atoms with E-state index in [1.807, 2.05) is 12.1 Å². The molecule has 2 unspecified atom stereocenters. The predicted molar refractivity (Wildman–Crippen MR) is 148 cm³/mol. The summed E-state index contributed by atoms with van der Waals surface area (Å²) in [7, 11) is 0. The second-order valence-corrected chi connectivity index (χ2v) is 11.7. The van der Waals surface area contributed by atoms with Crippen LogP contribution in [0.15, 0.2) is 54.7 Å². The Hall–Kier alpha value is -2.79. The number of aromatic nitrogens is 2. The monoisotopic (exact) mass is 498 g/mol. The highest BCUT2D eigenvalue weighted by atomic mass is 19.1.